The second-order valence-corrected chi connectivity index (χ2v) is 4.40. The van der Waals surface area contributed by atoms with E-state index in [9.17, 15) is 13.2 Å². The molecule has 0 aliphatic rings. The summed E-state index contributed by atoms with van der Waals surface area (Å²) in [4.78, 5) is 0. The molecule has 0 unspecified atom stereocenters. The minimum Gasteiger partial charge on any atom is -0.207 e. The Morgan fingerprint density at radius 2 is 1.62 bits per heavy atom. The third-order valence-corrected chi connectivity index (χ3v) is 2.93. The minimum atomic E-state index is -3.91. The van der Waals surface area contributed by atoms with Crippen LogP contribution < -0.4 is 0 Å². The molecule has 0 nitrogen and oxygen atoms in total. The Hall–Kier alpha value is 0.256. The minimum absolute atomic E-state index is 0. The number of alkyl halides is 3. The van der Waals surface area contributed by atoms with Crippen molar-refractivity contribution < 1.29 is 13.2 Å². The van der Waals surface area contributed by atoms with E-state index in [4.69, 9.17) is 0 Å². The van der Waals surface area contributed by atoms with Crippen LogP contribution in [0.2, 0.25) is 0 Å². The second kappa shape index (κ2) is 5.88. The highest BCUT2D eigenvalue weighted by atomic mass is 79.9. The van der Waals surface area contributed by atoms with E-state index in [1.807, 2.05) is 0 Å². The third-order valence-electron chi connectivity index (χ3n) is 1.54. The molecule has 0 aliphatic carbocycles. The molecule has 5 heteroatoms. The Kier molecular flexibility index (Phi) is 5.99. The van der Waals surface area contributed by atoms with Gasteiger partial charge in [0.2, 0.25) is 0 Å². The van der Waals surface area contributed by atoms with Gasteiger partial charge in [-0.05, 0) is 0 Å². The normalized spacial score (nSPS) is 10.1. The highest BCUT2D eigenvalue weighted by molar-refractivity contribution is 8.93. The van der Waals surface area contributed by atoms with Crippen LogP contribution in [0.25, 0.3) is 0 Å². The fraction of sp³-hybridized carbons (Fsp3) is 0.250. The van der Waals surface area contributed by atoms with Crippen molar-refractivity contribution in [2.75, 3.05) is 0 Å². The molecule has 1 aromatic carbocycles. The Morgan fingerprint density at radius 3 is 2.08 bits per heavy atom. The molecule has 0 atom stereocenters. The van der Waals surface area contributed by atoms with E-state index >= 15 is 0 Å². The summed E-state index contributed by atoms with van der Waals surface area (Å²) < 4.78 is 31.7. The van der Waals surface area contributed by atoms with Crippen LogP contribution in [0.4, 0.5) is 13.2 Å². The largest absolute Gasteiger partial charge is 0.537 e. The summed E-state index contributed by atoms with van der Waals surface area (Å²) >= 11 is -1.95. The van der Waals surface area contributed by atoms with Gasteiger partial charge in [0.25, 0.3) is 4.31 Å². The van der Waals surface area contributed by atoms with Crippen molar-refractivity contribution in [3.8, 4) is 0 Å². The summed E-state index contributed by atoms with van der Waals surface area (Å²) in [7, 11) is 0. The molecule has 0 heterocycles. The van der Waals surface area contributed by atoms with E-state index in [1.165, 1.54) is 0 Å². The predicted octanol–water partition coefficient (Wildman–Crippen LogP) is 2.99. The molecule has 0 N–H and O–H groups in total. The molecule has 0 saturated heterocycles. The van der Waals surface area contributed by atoms with Gasteiger partial charge in [-0.2, -0.15) is 0 Å². The van der Waals surface area contributed by atoms with Crippen LogP contribution in [0.1, 0.15) is 5.56 Å². The van der Waals surface area contributed by atoms with Gasteiger partial charge in [0, 0.05) is 0 Å². The summed E-state index contributed by atoms with van der Waals surface area (Å²) in [5.74, 6) is 0. The molecular weight excluding hydrogens is 257 g/mol. The number of hydrogen-bond acceptors (Lipinski definition) is 0. The Morgan fingerprint density at radius 1 is 1.08 bits per heavy atom. The molecule has 0 aliphatic heterocycles. The third kappa shape index (κ3) is 6.34. The van der Waals surface area contributed by atoms with Crippen molar-refractivity contribution in [3.63, 3.8) is 0 Å². The standard InChI is InChI=1S/C7H7.CF3.BrH.Mg/c1-7-5-3-2-4-6-7;2-1(3)4;;/h2-6H,1H2;;1H;. The van der Waals surface area contributed by atoms with Crippen LogP contribution in [0.15, 0.2) is 30.3 Å². The van der Waals surface area contributed by atoms with Crippen molar-refractivity contribution in [1.29, 1.82) is 0 Å². The zero-order valence-corrected chi connectivity index (χ0v) is 9.97. The molecule has 0 bridgehead atoms. The fourth-order valence-corrected chi connectivity index (χ4v) is 1.84. The van der Waals surface area contributed by atoms with Gasteiger partial charge < -0.3 is 0 Å². The van der Waals surface area contributed by atoms with Gasteiger partial charge in [-0.25, -0.2) is 13.2 Å². The van der Waals surface area contributed by atoms with Gasteiger partial charge in [-0.3, -0.25) is 0 Å². The average Bonchev–Trinajstić information content (AvgIpc) is 2.02. The quantitative estimate of drug-likeness (QED) is 0.721. The maximum atomic E-state index is 11.8. The van der Waals surface area contributed by atoms with Gasteiger partial charge in [0.05, 0.1) is 0 Å². The van der Waals surface area contributed by atoms with E-state index < -0.39 is 24.7 Å². The lowest BCUT2D eigenvalue weighted by atomic mass is 10.2. The number of halogens is 4. The highest BCUT2D eigenvalue weighted by Crippen LogP contribution is 2.14. The first-order chi connectivity index (χ1) is 5.58. The van der Waals surface area contributed by atoms with Crippen molar-refractivity contribution in [1.82, 2.24) is 0 Å². The molecule has 0 aromatic heterocycles. The summed E-state index contributed by atoms with van der Waals surface area (Å²) in [5, 5.41) is 0. The van der Waals surface area contributed by atoms with Gasteiger partial charge in [-0.1, -0.05) is 35.9 Å². The highest BCUT2D eigenvalue weighted by Gasteiger charge is 2.29. The molecule has 0 saturated carbocycles. The number of hydrogen-bond donors (Lipinski definition) is 0. The molecule has 13 heavy (non-hydrogen) atoms. The zero-order valence-electron chi connectivity index (χ0n) is 6.84. The molecule has 1 aromatic rings. The summed E-state index contributed by atoms with van der Waals surface area (Å²) in [6, 6.07) is 8.80. The van der Waals surface area contributed by atoms with Crippen LogP contribution in [0.5, 0.6) is 0 Å². The Labute approximate surface area is 95.0 Å². The van der Waals surface area contributed by atoms with Crippen molar-refractivity contribution in [2.24, 2.45) is 0 Å². The maximum absolute atomic E-state index is 11.8. The lowest BCUT2D eigenvalue weighted by molar-refractivity contribution is -0.0473. The van der Waals surface area contributed by atoms with Crippen LogP contribution in [0, 0.1) is 0 Å². The second-order valence-electron chi connectivity index (χ2n) is 2.60. The first-order valence-electron chi connectivity index (χ1n) is 3.68. The zero-order chi connectivity index (χ0) is 9.03. The SMILES string of the molecule is Br.F[C](F)(F)[Mg][CH2]c1ccccc1. The lowest BCUT2D eigenvalue weighted by Gasteiger charge is -2.03. The lowest BCUT2D eigenvalue weighted by Crippen LogP contribution is -2.20. The van der Waals surface area contributed by atoms with Crippen LogP contribution in [-0.4, -0.2) is 24.7 Å². The molecule has 70 valence electrons. The van der Waals surface area contributed by atoms with E-state index in [-0.39, 0.29) is 21.5 Å². The van der Waals surface area contributed by atoms with Crippen LogP contribution >= 0.6 is 17.0 Å². The monoisotopic (exact) mass is 264 g/mol. The summed E-state index contributed by atoms with van der Waals surface area (Å²) in [6.07, 6.45) is 0. The summed E-state index contributed by atoms with van der Waals surface area (Å²) in [5.41, 5.74) is 0.793. The first kappa shape index (κ1) is 13.3. The fourth-order valence-electron chi connectivity index (χ4n) is 0.931. The Balaban J connectivity index is 0.00000144. The van der Waals surface area contributed by atoms with E-state index in [0.29, 0.717) is 0 Å². The Bertz CT molecular complexity index is 235. The van der Waals surface area contributed by atoms with Crippen LogP contribution in [0.3, 0.4) is 0 Å². The summed E-state index contributed by atoms with van der Waals surface area (Å²) in [6.45, 7) is 0. The maximum Gasteiger partial charge on any atom is 0.537 e. The van der Waals surface area contributed by atoms with E-state index in [1.54, 1.807) is 30.3 Å². The predicted molar refractivity (Wildman–Crippen MR) is 52.3 cm³/mol. The van der Waals surface area contributed by atoms with Gasteiger partial charge in [0.15, 0.2) is 0 Å². The van der Waals surface area contributed by atoms with Gasteiger partial charge in [-0.15, -0.1) is 21.5 Å². The van der Waals surface area contributed by atoms with Crippen molar-refractivity contribution >= 4 is 37.3 Å². The van der Waals surface area contributed by atoms with Gasteiger partial charge in [0.1, 0.15) is 0 Å². The smallest absolute Gasteiger partial charge is 0.207 e. The van der Waals surface area contributed by atoms with Crippen molar-refractivity contribution in [2.45, 2.75) is 8.86 Å². The number of rotatable bonds is 2. The van der Waals surface area contributed by atoms with Crippen LogP contribution in [-0.2, 0) is 4.55 Å². The van der Waals surface area contributed by atoms with E-state index in [2.05, 4.69) is 0 Å². The molecule has 1 rings (SSSR count). The first-order valence-corrected chi connectivity index (χ1v) is 5.39. The number of benzene rings is 1. The molecule has 0 fully saturated rings. The van der Waals surface area contributed by atoms with E-state index in [0.717, 1.165) is 5.56 Å². The van der Waals surface area contributed by atoms with Crippen molar-refractivity contribution in [3.05, 3.63) is 35.9 Å². The molecule has 0 spiro atoms. The molecule has 0 radical (unpaired) electrons. The average molecular weight is 265 g/mol. The molecule has 0 amide bonds. The topological polar surface area (TPSA) is 0 Å². The molecular formula is C8H8BrF3Mg. The van der Waals surface area contributed by atoms with Gasteiger partial charge >= 0.3 is 20.4 Å².